The summed E-state index contributed by atoms with van der Waals surface area (Å²) in [5.74, 6) is -0.0467. The van der Waals surface area contributed by atoms with Crippen LogP contribution >= 0.6 is 0 Å². The smallest absolute Gasteiger partial charge is 0.303 e. The fraction of sp³-hybridized carbons (Fsp3) is 0.727. The molecule has 0 radical (unpaired) electrons. The molecule has 1 heterocycles. The topological polar surface area (TPSA) is 72.8 Å². The van der Waals surface area contributed by atoms with E-state index in [4.69, 9.17) is 14.6 Å². The van der Waals surface area contributed by atoms with Gasteiger partial charge >= 0.3 is 5.97 Å². The first kappa shape index (κ1) is 23.6. The van der Waals surface area contributed by atoms with Gasteiger partial charge in [0.2, 0.25) is 0 Å². The van der Waals surface area contributed by atoms with E-state index >= 15 is 0 Å². The van der Waals surface area contributed by atoms with Crippen molar-refractivity contribution in [3.63, 3.8) is 0 Å². The Kier molecular flexibility index (Phi) is 9.95. The third-order valence-corrected chi connectivity index (χ3v) is 5.26. The summed E-state index contributed by atoms with van der Waals surface area (Å²) in [5.41, 5.74) is 1.61. The highest BCUT2D eigenvalue weighted by Crippen LogP contribution is 2.34. The third-order valence-electron chi connectivity index (χ3n) is 5.26. The molecule has 1 N–H and O–H groups in total. The lowest BCUT2D eigenvalue weighted by Gasteiger charge is -2.35. The Hall–Kier alpha value is -1.46. The van der Waals surface area contributed by atoms with E-state index in [1.165, 1.54) is 6.92 Å². The van der Waals surface area contributed by atoms with Crippen LogP contribution in [-0.4, -0.2) is 41.8 Å². The number of esters is 1. The van der Waals surface area contributed by atoms with Gasteiger partial charge in [-0.15, -0.1) is 0 Å². The van der Waals surface area contributed by atoms with Crippen molar-refractivity contribution in [2.24, 2.45) is 5.92 Å². The number of hydrogen-bond donors (Lipinski definition) is 1. The van der Waals surface area contributed by atoms with Gasteiger partial charge in [-0.1, -0.05) is 24.6 Å². The largest absolute Gasteiger partial charge is 0.459 e. The molecule has 1 fully saturated rings. The summed E-state index contributed by atoms with van der Waals surface area (Å²) >= 11 is 0. The molecule has 1 aliphatic heterocycles. The maximum absolute atomic E-state index is 12.2. The van der Waals surface area contributed by atoms with Crippen LogP contribution in [0.5, 0.6) is 0 Å². The average molecular weight is 381 g/mol. The molecular formula is C22H36O5. The summed E-state index contributed by atoms with van der Waals surface area (Å²) in [6.07, 6.45) is 7.66. The number of ether oxygens (including phenoxy) is 2. The molecule has 1 rings (SSSR count). The maximum atomic E-state index is 12.2. The molecular weight excluding hydrogens is 344 g/mol. The van der Waals surface area contributed by atoms with E-state index in [2.05, 4.69) is 0 Å². The molecule has 0 aromatic heterocycles. The van der Waals surface area contributed by atoms with Crippen LogP contribution in [0.25, 0.3) is 0 Å². The number of hydrogen-bond acceptors (Lipinski definition) is 5. The number of aliphatic hydroxyl groups is 1. The minimum absolute atomic E-state index is 0.00648. The first-order chi connectivity index (χ1) is 12.7. The van der Waals surface area contributed by atoms with Crippen LogP contribution in [0, 0.1) is 5.92 Å². The van der Waals surface area contributed by atoms with Crippen LogP contribution in [0.4, 0.5) is 0 Å². The van der Waals surface area contributed by atoms with Crippen molar-refractivity contribution in [1.82, 2.24) is 0 Å². The highest BCUT2D eigenvalue weighted by Gasteiger charge is 2.39. The van der Waals surface area contributed by atoms with Crippen molar-refractivity contribution < 1.29 is 24.2 Å². The van der Waals surface area contributed by atoms with Gasteiger partial charge < -0.3 is 14.6 Å². The summed E-state index contributed by atoms with van der Waals surface area (Å²) < 4.78 is 11.7. The molecule has 0 spiro atoms. The molecule has 0 saturated carbocycles. The fourth-order valence-corrected chi connectivity index (χ4v) is 3.38. The van der Waals surface area contributed by atoms with Gasteiger partial charge in [0, 0.05) is 19.3 Å². The molecule has 0 aromatic carbocycles. The minimum atomic E-state index is -0.584. The normalized spacial score (nSPS) is 25.6. The van der Waals surface area contributed by atoms with Crippen LogP contribution in [0.1, 0.15) is 73.1 Å². The lowest BCUT2D eigenvalue weighted by Crippen LogP contribution is -2.43. The summed E-state index contributed by atoms with van der Waals surface area (Å²) in [6.45, 7) is 9.79. The molecule has 154 valence electrons. The Morgan fingerprint density at radius 3 is 2.67 bits per heavy atom. The van der Waals surface area contributed by atoms with Crippen molar-refractivity contribution in [3.05, 3.63) is 23.3 Å². The molecule has 1 aliphatic rings. The van der Waals surface area contributed by atoms with E-state index in [0.717, 1.165) is 36.8 Å². The monoisotopic (exact) mass is 380 g/mol. The van der Waals surface area contributed by atoms with Crippen molar-refractivity contribution >= 4 is 11.8 Å². The van der Waals surface area contributed by atoms with Gasteiger partial charge in [-0.3, -0.25) is 9.59 Å². The maximum Gasteiger partial charge on any atom is 0.303 e. The summed E-state index contributed by atoms with van der Waals surface area (Å²) in [4.78, 5) is 23.7. The first-order valence-electron chi connectivity index (χ1n) is 9.94. The molecule has 27 heavy (non-hydrogen) atoms. The van der Waals surface area contributed by atoms with E-state index in [-0.39, 0.29) is 30.4 Å². The Morgan fingerprint density at radius 2 is 2.07 bits per heavy atom. The second-order valence-electron chi connectivity index (χ2n) is 8.03. The minimum Gasteiger partial charge on any atom is -0.459 e. The SMILES string of the molecule is CC(=O)O[C@@H]1CC/C(=C\CO)CO[C@@]1(C)CCCC(C)C(=O)CC=C(C)C. The standard InChI is InChI=1S/C22H36O5/c1-16(2)8-10-20(25)17(3)7-6-13-22(5)21(27-18(4)24)11-9-19(12-14-23)15-26-22/h8,12,17,21,23H,6-7,9-11,13-15H2,1-5H3/b19-12+/t17?,21-,22+/m1/s1. The Morgan fingerprint density at radius 1 is 1.37 bits per heavy atom. The average Bonchev–Trinajstić information content (AvgIpc) is 2.73. The van der Waals surface area contributed by atoms with Gasteiger partial charge in [0.25, 0.3) is 0 Å². The number of aliphatic hydroxyl groups excluding tert-OH is 1. The molecule has 1 saturated heterocycles. The van der Waals surface area contributed by atoms with Crippen LogP contribution < -0.4 is 0 Å². The van der Waals surface area contributed by atoms with Crippen molar-refractivity contribution in [3.8, 4) is 0 Å². The molecule has 5 nitrogen and oxygen atoms in total. The fourth-order valence-electron chi connectivity index (χ4n) is 3.38. The Balaban J connectivity index is 2.68. The molecule has 0 aromatic rings. The number of carbonyl (C=O) groups excluding carboxylic acids is 2. The van der Waals surface area contributed by atoms with Gasteiger partial charge in [0.1, 0.15) is 17.5 Å². The second kappa shape index (κ2) is 11.4. The first-order valence-corrected chi connectivity index (χ1v) is 9.94. The zero-order valence-electron chi connectivity index (χ0n) is 17.5. The molecule has 1 unspecified atom stereocenters. The molecule has 3 atom stereocenters. The molecule has 0 bridgehead atoms. The number of allylic oxidation sites excluding steroid dienone is 2. The predicted molar refractivity (Wildman–Crippen MR) is 106 cm³/mol. The second-order valence-corrected chi connectivity index (χ2v) is 8.03. The zero-order chi connectivity index (χ0) is 20.4. The number of carbonyl (C=O) groups is 2. The molecule has 0 aliphatic carbocycles. The summed E-state index contributed by atoms with van der Waals surface area (Å²) in [5, 5.41) is 9.13. The number of rotatable bonds is 9. The van der Waals surface area contributed by atoms with Gasteiger partial charge in [0.05, 0.1) is 13.2 Å². The van der Waals surface area contributed by atoms with E-state index < -0.39 is 5.60 Å². The van der Waals surface area contributed by atoms with Crippen LogP contribution in [0.2, 0.25) is 0 Å². The van der Waals surface area contributed by atoms with Crippen LogP contribution in [0.15, 0.2) is 23.3 Å². The van der Waals surface area contributed by atoms with E-state index in [1.807, 2.05) is 33.8 Å². The van der Waals surface area contributed by atoms with Crippen LogP contribution in [-0.2, 0) is 19.1 Å². The van der Waals surface area contributed by atoms with Crippen molar-refractivity contribution in [2.45, 2.75) is 84.8 Å². The third kappa shape index (κ3) is 8.39. The number of Topliss-reactive ketones (excluding diaryl/α,β-unsaturated/α-hetero) is 1. The van der Waals surface area contributed by atoms with E-state index in [0.29, 0.717) is 19.4 Å². The molecule has 0 amide bonds. The van der Waals surface area contributed by atoms with Gasteiger partial charge in [-0.05, 0) is 58.4 Å². The number of ketones is 1. The zero-order valence-corrected chi connectivity index (χ0v) is 17.5. The quantitative estimate of drug-likeness (QED) is 0.481. The summed E-state index contributed by atoms with van der Waals surface area (Å²) in [6, 6.07) is 0. The van der Waals surface area contributed by atoms with Gasteiger partial charge in [-0.25, -0.2) is 0 Å². The lowest BCUT2D eigenvalue weighted by molar-refractivity contribution is -0.167. The lowest BCUT2D eigenvalue weighted by atomic mass is 9.87. The van der Waals surface area contributed by atoms with Crippen LogP contribution in [0.3, 0.4) is 0 Å². The van der Waals surface area contributed by atoms with Crippen molar-refractivity contribution in [2.75, 3.05) is 13.2 Å². The van der Waals surface area contributed by atoms with E-state index in [9.17, 15) is 9.59 Å². The van der Waals surface area contributed by atoms with E-state index in [1.54, 1.807) is 6.08 Å². The van der Waals surface area contributed by atoms with Gasteiger partial charge in [-0.2, -0.15) is 0 Å². The Bertz CT molecular complexity index is 559. The highest BCUT2D eigenvalue weighted by molar-refractivity contribution is 5.82. The Labute approximate surface area is 163 Å². The summed E-state index contributed by atoms with van der Waals surface area (Å²) in [7, 11) is 0. The molecule has 5 heteroatoms. The highest BCUT2D eigenvalue weighted by atomic mass is 16.6. The van der Waals surface area contributed by atoms with Crippen molar-refractivity contribution in [1.29, 1.82) is 0 Å². The van der Waals surface area contributed by atoms with Gasteiger partial charge in [0.15, 0.2) is 0 Å². The predicted octanol–water partition coefficient (Wildman–Crippen LogP) is 4.14.